The van der Waals surface area contributed by atoms with Crippen LogP contribution in [-0.2, 0) is 19.6 Å². The molecule has 28 heteroatoms. The van der Waals surface area contributed by atoms with Gasteiger partial charge in [-0.15, -0.1) is 0 Å². The lowest BCUT2D eigenvalue weighted by molar-refractivity contribution is -0.883. The zero-order valence-electron chi connectivity index (χ0n) is 22.0. The minimum atomic E-state index is -9.26. The van der Waals surface area contributed by atoms with Crippen molar-refractivity contribution in [1.29, 1.82) is 0 Å². The number of hydrogen-bond acceptors (Lipinski definition) is 4. The Hall–Kier alpha value is -2.52. The summed E-state index contributed by atoms with van der Waals surface area (Å²) < 4.78 is 279. The summed E-state index contributed by atoms with van der Waals surface area (Å²) in [5.74, 6) is -67.1. The zero-order chi connectivity index (χ0) is 37.8. The van der Waals surface area contributed by atoms with Crippen LogP contribution >= 0.6 is 0 Å². The van der Waals surface area contributed by atoms with E-state index in [1.807, 2.05) is 0 Å². The number of carboxylic acid groups (broad SMARTS) is 2. The third kappa shape index (κ3) is 6.73. The lowest BCUT2D eigenvalue weighted by Gasteiger charge is -2.43. The van der Waals surface area contributed by atoms with Crippen LogP contribution in [0, 0.1) is 0 Å². The molecule has 0 aliphatic carbocycles. The molecule has 0 heterocycles. The van der Waals surface area contributed by atoms with Crippen molar-refractivity contribution in [2.45, 2.75) is 59.3 Å². The van der Waals surface area contributed by atoms with Crippen LogP contribution in [0.5, 0.6) is 0 Å². The predicted molar refractivity (Wildman–Crippen MR) is 108 cm³/mol. The van der Waals surface area contributed by atoms with Crippen molar-refractivity contribution in [2.75, 3.05) is 40.3 Å². The molecule has 0 aliphatic rings. The Morgan fingerprint density at radius 1 is 0.587 bits per heavy atom. The molecule has 0 spiro atoms. The highest BCUT2D eigenvalue weighted by Gasteiger charge is 2.97. The number of alkyl halides is 19. The van der Waals surface area contributed by atoms with Gasteiger partial charge < -0.3 is 14.7 Å². The Morgan fingerprint density at radius 2 is 0.913 bits per heavy atom. The molecular formula is C18H18F19N2O6S+. The van der Waals surface area contributed by atoms with Gasteiger partial charge in [-0.2, -0.15) is 87.7 Å². The maximum atomic E-state index is 14.5. The predicted octanol–water partition coefficient (Wildman–Crippen LogP) is 4.86. The standard InChI is InChI=1S/C18H17F19N2O6S/c1-39(2,7-9(42)43)5-3-4-38(6-8(40)41)46(44,45)18(36,37)16(31,32)14(27,28)12(23,24)10(19,20)11(21,22)13(25,26)15(29,30)17(33,34)35/h3-7H2,1-2H3,(H-,40,41,42,43)/p+1. The lowest BCUT2D eigenvalue weighted by Crippen LogP contribution is -2.76. The molecule has 0 saturated heterocycles. The summed E-state index contributed by atoms with van der Waals surface area (Å²) in [6.07, 6.45) is -9.11. The number of carbonyl (C=O) groups is 2. The Balaban J connectivity index is 7.07. The monoisotopic (exact) mass is 751 g/mol. The average Bonchev–Trinajstić information content (AvgIpc) is 2.80. The molecule has 0 unspecified atom stereocenters. The molecule has 274 valence electrons. The molecule has 0 aromatic rings. The number of quaternary nitrogens is 1. The number of aliphatic carboxylic acids is 2. The van der Waals surface area contributed by atoms with E-state index < -0.39 is 116 Å². The molecule has 0 atom stereocenters. The van der Waals surface area contributed by atoms with E-state index in [4.69, 9.17) is 10.2 Å². The van der Waals surface area contributed by atoms with E-state index in [-0.39, 0.29) is 0 Å². The summed E-state index contributed by atoms with van der Waals surface area (Å²) >= 11 is 0. The Labute approximate surface area is 242 Å². The minimum Gasteiger partial charge on any atom is -0.480 e. The van der Waals surface area contributed by atoms with Gasteiger partial charge in [-0.3, -0.25) is 4.79 Å². The van der Waals surface area contributed by atoms with Gasteiger partial charge in [-0.05, 0) is 0 Å². The second kappa shape index (κ2) is 12.2. The van der Waals surface area contributed by atoms with Crippen LogP contribution in [0.15, 0.2) is 0 Å². The normalized spacial score (nSPS) is 15.8. The quantitative estimate of drug-likeness (QED) is 0.163. The lowest BCUT2D eigenvalue weighted by atomic mass is 9.89. The van der Waals surface area contributed by atoms with Crippen LogP contribution in [0.25, 0.3) is 0 Å². The highest BCUT2D eigenvalue weighted by Crippen LogP contribution is 2.65. The van der Waals surface area contributed by atoms with Crippen LogP contribution < -0.4 is 0 Å². The zero-order valence-corrected chi connectivity index (χ0v) is 22.9. The molecule has 0 fully saturated rings. The van der Waals surface area contributed by atoms with Gasteiger partial charge in [0, 0.05) is 13.0 Å². The third-order valence-corrected chi connectivity index (χ3v) is 7.69. The molecule has 2 N–H and O–H groups in total. The second-order valence-corrected chi connectivity index (χ2v) is 11.8. The SMILES string of the molecule is C[N+](C)(CCCN(CC(=O)O)S(=O)(=O)C(F)(F)C(F)(F)C(F)(F)C(F)(F)C(F)(F)C(F)(F)C(F)(F)C(F)(F)C(F)(F)F)CC(=O)O. The van der Waals surface area contributed by atoms with Crippen molar-refractivity contribution < 1.29 is 116 Å². The van der Waals surface area contributed by atoms with E-state index in [1.54, 1.807) is 0 Å². The van der Waals surface area contributed by atoms with E-state index in [0.29, 0.717) is 0 Å². The number of hydrogen-bond donors (Lipinski definition) is 2. The number of likely N-dealkylation sites (N-methyl/N-ethyl adjacent to an activating group) is 1. The smallest absolute Gasteiger partial charge is 0.460 e. The van der Waals surface area contributed by atoms with E-state index in [2.05, 4.69) is 0 Å². The van der Waals surface area contributed by atoms with Crippen molar-refractivity contribution in [2.24, 2.45) is 0 Å². The largest absolute Gasteiger partial charge is 0.480 e. The second-order valence-electron chi connectivity index (χ2n) is 9.83. The Bertz CT molecular complexity index is 1250. The van der Waals surface area contributed by atoms with Gasteiger partial charge in [-0.25, -0.2) is 13.2 Å². The fourth-order valence-electron chi connectivity index (χ4n) is 3.23. The molecule has 0 aromatic heterocycles. The van der Waals surface area contributed by atoms with E-state index in [1.165, 1.54) is 0 Å². The summed E-state index contributed by atoms with van der Waals surface area (Å²) in [7, 11) is -5.85. The summed E-state index contributed by atoms with van der Waals surface area (Å²) in [5.41, 5.74) is 0. The topological polar surface area (TPSA) is 112 Å². The molecule has 0 rings (SSSR count). The van der Waals surface area contributed by atoms with Crippen LogP contribution in [0.4, 0.5) is 83.4 Å². The summed E-state index contributed by atoms with van der Waals surface area (Å²) in [6.45, 7) is -5.81. The van der Waals surface area contributed by atoms with E-state index >= 15 is 0 Å². The van der Waals surface area contributed by atoms with Crippen LogP contribution in [-0.4, -0.2) is 133 Å². The molecule has 0 bridgehead atoms. The number of nitrogens with zero attached hydrogens (tertiary/aromatic N) is 2. The number of rotatable bonds is 17. The van der Waals surface area contributed by atoms with Crippen molar-refractivity contribution in [3.63, 3.8) is 0 Å². The summed E-state index contributed by atoms with van der Waals surface area (Å²) in [4.78, 5) is 21.7. The third-order valence-electron chi connectivity index (χ3n) is 5.80. The van der Waals surface area contributed by atoms with Crippen molar-refractivity contribution in [1.82, 2.24) is 4.31 Å². The molecule has 8 nitrogen and oxygen atoms in total. The van der Waals surface area contributed by atoms with Gasteiger partial charge >= 0.3 is 64.8 Å². The van der Waals surface area contributed by atoms with Gasteiger partial charge in [0.2, 0.25) is 0 Å². The van der Waals surface area contributed by atoms with Gasteiger partial charge in [0.15, 0.2) is 6.54 Å². The fraction of sp³-hybridized carbons (Fsp3) is 0.889. The molecule has 0 radical (unpaired) electrons. The Kier molecular flexibility index (Phi) is 11.5. The molecular weight excluding hydrogens is 733 g/mol. The number of halogens is 19. The maximum Gasteiger partial charge on any atom is 0.460 e. The summed E-state index contributed by atoms with van der Waals surface area (Å²) in [6, 6.07) is 0. The molecule has 46 heavy (non-hydrogen) atoms. The fourth-order valence-corrected chi connectivity index (χ4v) is 4.65. The first kappa shape index (κ1) is 43.5. The van der Waals surface area contributed by atoms with Crippen LogP contribution in [0.2, 0.25) is 0 Å². The van der Waals surface area contributed by atoms with Gasteiger partial charge in [0.1, 0.15) is 6.54 Å². The molecule has 0 saturated carbocycles. The molecule has 0 amide bonds. The van der Waals surface area contributed by atoms with E-state index in [0.717, 1.165) is 14.1 Å². The van der Waals surface area contributed by atoms with Crippen molar-refractivity contribution >= 4 is 22.0 Å². The average molecular weight is 751 g/mol. The first-order valence-corrected chi connectivity index (χ1v) is 12.5. The van der Waals surface area contributed by atoms with Crippen molar-refractivity contribution in [3.05, 3.63) is 0 Å². The van der Waals surface area contributed by atoms with E-state index in [9.17, 15) is 101 Å². The van der Waals surface area contributed by atoms with Gasteiger partial charge in [-0.1, -0.05) is 0 Å². The number of carboxylic acids is 2. The van der Waals surface area contributed by atoms with Gasteiger partial charge in [0.05, 0.1) is 20.6 Å². The first-order chi connectivity index (χ1) is 19.7. The highest BCUT2D eigenvalue weighted by atomic mass is 32.2. The van der Waals surface area contributed by atoms with Gasteiger partial charge in [0.25, 0.3) is 10.0 Å². The first-order valence-electron chi connectivity index (χ1n) is 11.0. The highest BCUT2D eigenvalue weighted by molar-refractivity contribution is 7.90. The molecule has 0 aromatic carbocycles. The van der Waals surface area contributed by atoms with Crippen LogP contribution in [0.3, 0.4) is 0 Å². The minimum absolute atomic E-state index is 0.702. The Morgan fingerprint density at radius 3 is 1.22 bits per heavy atom. The maximum absolute atomic E-state index is 14.5. The van der Waals surface area contributed by atoms with Crippen molar-refractivity contribution in [3.8, 4) is 0 Å². The summed E-state index contributed by atoms with van der Waals surface area (Å²) in [5, 5.41) is 9.41. The van der Waals surface area contributed by atoms with Crippen LogP contribution in [0.1, 0.15) is 6.42 Å². The number of sulfonamides is 1. The molecule has 0 aliphatic heterocycles.